The molecule has 0 amide bonds. The molecule has 0 aliphatic rings. The smallest absolute Gasteiger partial charge is 0.138 e. The average molecular weight is 298 g/mol. The van der Waals surface area contributed by atoms with E-state index < -0.39 is 0 Å². The van der Waals surface area contributed by atoms with Crippen molar-refractivity contribution in [2.45, 2.75) is 33.2 Å². The number of thiophene rings is 1. The molecule has 3 aromatic heterocycles. The van der Waals surface area contributed by atoms with Crippen LogP contribution in [0.4, 0.5) is 5.82 Å². The summed E-state index contributed by atoms with van der Waals surface area (Å²) in [5, 5.41) is 6.65. The molecule has 1 atom stereocenters. The summed E-state index contributed by atoms with van der Waals surface area (Å²) in [7, 11) is 0. The van der Waals surface area contributed by atoms with Crippen LogP contribution in [0.1, 0.15) is 24.0 Å². The van der Waals surface area contributed by atoms with Crippen LogP contribution in [0.3, 0.4) is 0 Å². The lowest BCUT2D eigenvalue weighted by Gasteiger charge is -2.16. The van der Waals surface area contributed by atoms with Crippen LogP contribution in [-0.2, 0) is 6.42 Å². The molecule has 0 radical (unpaired) electrons. The van der Waals surface area contributed by atoms with Crippen molar-refractivity contribution in [3.05, 3.63) is 46.9 Å². The van der Waals surface area contributed by atoms with E-state index in [1.54, 1.807) is 11.3 Å². The topological polar surface area (TPSA) is 50.7 Å². The molecule has 0 saturated heterocycles. The lowest BCUT2D eigenvalue weighted by atomic mass is 10.1. The first-order valence-corrected chi connectivity index (χ1v) is 7.90. The Morgan fingerprint density at radius 3 is 2.90 bits per heavy atom. The zero-order chi connectivity index (χ0) is 14.8. The van der Waals surface area contributed by atoms with Gasteiger partial charge < -0.3 is 5.32 Å². The molecule has 0 aromatic carbocycles. The van der Waals surface area contributed by atoms with Crippen LogP contribution < -0.4 is 5.32 Å². The second-order valence-corrected chi connectivity index (χ2v) is 6.17. The molecule has 0 fully saturated rings. The zero-order valence-electron chi connectivity index (χ0n) is 12.4. The molecule has 0 aliphatic carbocycles. The first-order valence-electron chi connectivity index (χ1n) is 7.02. The highest BCUT2D eigenvalue weighted by atomic mass is 32.1. The third kappa shape index (κ3) is 3.03. The zero-order valence-corrected chi connectivity index (χ0v) is 13.2. The Kier molecular flexibility index (Phi) is 3.84. The predicted molar refractivity (Wildman–Crippen MR) is 87.9 cm³/mol. The van der Waals surface area contributed by atoms with E-state index in [-0.39, 0.29) is 6.04 Å². The van der Waals surface area contributed by atoms with E-state index in [9.17, 15) is 0 Å². The van der Waals surface area contributed by atoms with Gasteiger partial charge in [-0.1, -0.05) is 6.07 Å². The summed E-state index contributed by atoms with van der Waals surface area (Å²) in [5.41, 5.74) is 2.36. The normalized spacial score (nSPS) is 12.5. The molecule has 0 aliphatic heterocycles. The Labute approximate surface area is 128 Å². The third-order valence-electron chi connectivity index (χ3n) is 3.44. The molecule has 0 bridgehead atoms. The van der Waals surface area contributed by atoms with E-state index in [0.29, 0.717) is 0 Å². The van der Waals surface area contributed by atoms with Crippen molar-refractivity contribution in [3.8, 4) is 0 Å². The van der Waals surface area contributed by atoms with Gasteiger partial charge in [-0.05, 0) is 43.8 Å². The summed E-state index contributed by atoms with van der Waals surface area (Å²) in [5.74, 6) is 1.72. The first kappa shape index (κ1) is 13.9. The van der Waals surface area contributed by atoms with Crippen LogP contribution in [0.15, 0.2) is 29.8 Å². The second-order valence-electron chi connectivity index (χ2n) is 5.28. The number of nitrogens with zero attached hydrogens (tertiary/aromatic N) is 3. The van der Waals surface area contributed by atoms with E-state index in [4.69, 9.17) is 0 Å². The molecule has 108 valence electrons. The van der Waals surface area contributed by atoms with Gasteiger partial charge in [-0.15, -0.1) is 11.3 Å². The largest absolute Gasteiger partial charge is 0.367 e. The number of aromatic nitrogens is 3. The molecule has 3 rings (SSSR count). The first-order chi connectivity index (χ1) is 10.1. The van der Waals surface area contributed by atoms with E-state index in [0.717, 1.165) is 34.0 Å². The minimum absolute atomic E-state index is 0.260. The second kappa shape index (κ2) is 5.77. The van der Waals surface area contributed by atoms with Crippen LogP contribution in [0, 0.1) is 13.8 Å². The summed E-state index contributed by atoms with van der Waals surface area (Å²) >= 11 is 1.65. The van der Waals surface area contributed by atoms with Gasteiger partial charge in [0.15, 0.2) is 0 Å². The molecule has 1 N–H and O–H groups in total. The van der Waals surface area contributed by atoms with Gasteiger partial charge in [0, 0.05) is 24.4 Å². The fraction of sp³-hybridized carbons (Fsp3) is 0.312. The Balaban J connectivity index is 1.82. The van der Waals surface area contributed by atoms with Crippen LogP contribution in [0.5, 0.6) is 0 Å². The molecular weight excluding hydrogens is 280 g/mol. The van der Waals surface area contributed by atoms with Gasteiger partial charge in [-0.25, -0.2) is 9.97 Å². The Morgan fingerprint density at radius 1 is 1.24 bits per heavy atom. The Bertz CT molecular complexity index is 766. The summed E-state index contributed by atoms with van der Waals surface area (Å²) in [4.78, 5) is 14.5. The molecule has 21 heavy (non-hydrogen) atoms. The van der Waals surface area contributed by atoms with Gasteiger partial charge in [-0.2, -0.15) is 0 Å². The quantitative estimate of drug-likeness (QED) is 0.797. The third-order valence-corrected chi connectivity index (χ3v) is 4.24. The number of nitrogens with one attached hydrogen (secondary N) is 1. The summed E-state index contributed by atoms with van der Waals surface area (Å²) in [6.45, 7) is 6.18. The lowest BCUT2D eigenvalue weighted by molar-refractivity contribution is 0.760. The van der Waals surface area contributed by atoms with Gasteiger partial charge in [0.2, 0.25) is 0 Å². The fourth-order valence-corrected chi connectivity index (χ4v) is 3.19. The van der Waals surface area contributed by atoms with E-state index in [1.165, 1.54) is 5.56 Å². The van der Waals surface area contributed by atoms with Crippen LogP contribution in [-0.4, -0.2) is 21.0 Å². The monoisotopic (exact) mass is 298 g/mol. The van der Waals surface area contributed by atoms with E-state index in [2.05, 4.69) is 51.6 Å². The minimum atomic E-state index is 0.260. The lowest BCUT2D eigenvalue weighted by Crippen LogP contribution is -2.20. The Morgan fingerprint density at radius 2 is 2.10 bits per heavy atom. The van der Waals surface area contributed by atoms with E-state index in [1.807, 2.05) is 19.2 Å². The molecule has 0 saturated carbocycles. The molecule has 0 spiro atoms. The summed E-state index contributed by atoms with van der Waals surface area (Å²) < 4.78 is 0. The number of hydrogen-bond acceptors (Lipinski definition) is 5. The average Bonchev–Trinajstić information content (AvgIpc) is 2.89. The van der Waals surface area contributed by atoms with Crippen molar-refractivity contribution in [2.75, 3.05) is 5.32 Å². The predicted octanol–water partition coefficient (Wildman–Crippen LogP) is 3.75. The number of anilines is 1. The maximum atomic E-state index is 4.54. The van der Waals surface area contributed by atoms with Crippen LogP contribution in [0.25, 0.3) is 10.2 Å². The van der Waals surface area contributed by atoms with Crippen molar-refractivity contribution in [1.82, 2.24) is 15.0 Å². The number of rotatable bonds is 4. The Hall–Kier alpha value is -2.01. The van der Waals surface area contributed by atoms with Crippen molar-refractivity contribution in [2.24, 2.45) is 0 Å². The highest BCUT2D eigenvalue weighted by molar-refractivity contribution is 7.16. The van der Waals surface area contributed by atoms with Crippen molar-refractivity contribution >= 4 is 27.4 Å². The summed E-state index contributed by atoms with van der Waals surface area (Å²) in [6, 6.07) is 6.40. The van der Waals surface area contributed by atoms with Gasteiger partial charge in [-0.3, -0.25) is 4.98 Å². The van der Waals surface area contributed by atoms with Crippen molar-refractivity contribution in [1.29, 1.82) is 0 Å². The highest BCUT2D eigenvalue weighted by Gasteiger charge is 2.11. The van der Waals surface area contributed by atoms with Crippen molar-refractivity contribution in [3.63, 3.8) is 0 Å². The SMILES string of the molecule is Cc1nc(NC(C)Cc2ncccc2C)c2ccsc2n1. The number of pyridine rings is 1. The van der Waals surface area contributed by atoms with Crippen LogP contribution >= 0.6 is 11.3 Å². The van der Waals surface area contributed by atoms with Crippen molar-refractivity contribution < 1.29 is 0 Å². The molecule has 3 aromatic rings. The maximum absolute atomic E-state index is 4.54. The van der Waals surface area contributed by atoms with Gasteiger partial charge >= 0.3 is 0 Å². The fourth-order valence-electron chi connectivity index (χ4n) is 2.38. The molecule has 5 heteroatoms. The molecule has 4 nitrogen and oxygen atoms in total. The van der Waals surface area contributed by atoms with Gasteiger partial charge in [0.1, 0.15) is 16.5 Å². The molecule has 3 heterocycles. The van der Waals surface area contributed by atoms with Crippen LogP contribution in [0.2, 0.25) is 0 Å². The number of fused-ring (bicyclic) bond motifs is 1. The number of aryl methyl sites for hydroxylation is 2. The molecule has 1 unspecified atom stereocenters. The number of hydrogen-bond donors (Lipinski definition) is 1. The summed E-state index contributed by atoms with van der Waals surface area (Å²) in [6.07, 6.45) is 2.72. The van der Waals surface area contributed by atoms with Gasteiger partial charge in [0.05, 0.1) is 5.39 Å². The highest BCUT2D eigenvalue weighted by Crippen LogP contribution is 2.25. The maximum Gasteiger partial charge on any atom is 0.138 e. The minimum Gasteiger partial charge on any atom is -0.367 e. The standard InChI is InChI=1S/C16H18N4S/c1-10-5-4-7-17-14(10)9-11(2)18-15-13-6-8-21-16(13)20-12(3)19-15/h4-8,11H,9H2,1-3H3,(H,18,19,20). The van der Waals surface area contributed by atoms with Gasteiger partial charge in [0.25, 0.3) is 0 Å². The molecular formula is C16H18N4S. The van der Waals surface area contributed by atoms with E-state index >= 15 is 0 Å².